The van der Waals surface area contributed by atoms with E-state index >= 15 is 0 Å². The molecule has 1 aromatic rings. The summed E-state index contributed by atoms with van der Waals surface area (Å²) in [6.07, 6.45) is 3.71. The SMILES string of the molecule is CN(C)C(=O)Nc1cccc(CNC(=O)C2CCCC(N)C2)c1. The molecule has 1 aromatic carbocycles. The quantitative estimate of drug-likeness (QED) is 0.792. The molecule has 0 aromatic heterocycles. The lowest BCUT2D eigenvalue weighted by Gasteiger charge is -2.25. The highest BCUT2D eigenvalue weighted by atomic mass is 16.2. The van der Waals surface area contributed by atoms with Gasteiger partial charge in [-0.05, 0) is 37.0 Å². The second-order valence-electron chi connectivity index (χ2n) is 6.37. The first kappa shape index (κ1) is 17.3. The van der Waals surface area contributed by atoms with Crippen molar-refractivity contribution in [3.63, 3.8) is 0 Å². The molecule has 0 radical (unpaired) electrons. The molecule has 2 atom stereocenters. The maximum atomic E-state index is 12.2. The molecule has 0 aliphatic heterocycles. The van der Waals surface area contributed by atoms with Crippen LogP contribution in [0.2, 0.25) is 0 Å². The van der Waals surface area contributed by atoms with E-state index in [0.717, 1.165) is 36.9 Å². The Labute approximate surface area is 137 Å². The van der Waals surface area contributed by atoms with Crippen LogP contribution >= 0.6 is 0 Å². The van der Waals surface area contributed by atoms with Gasteiger partial charge in [-0.15, -0.1) is 0 Å². The Bertz CT molecular complexity index is 559. The third-order valence-electron chi connectivity index (χ3n) is 4.14. The standard InChI is InChI=1S/C17H26N4O2/c1-21(2)17(23)20-15-8-3-5-12(9-15)11-19-16(22)13-6-4-7-14(18)10-13/h3,5,8-9,13-14H,4,6-7,10-11,18H2,1-2H3,(H,19,22)(H,20,23). The zero-order valence-corrected chi connectivity index (χ0v) is 13.8. The van der Waals surface area contributed by atoms with Crippen LogP contribution in [0.4, 0.5) is 10.5 Å². The van der Waals surface area contributed by atoms with E-state index in [1.54, 1.807) is 14.1 Å². The second kappa shape index (κ2) is 7.97. The zero-order valence-electron chi connectivity index (χ0n) is 13.8. The van der Waals surface area contributed by atoms with Crippen LogP contribution in [-0.4, -0.2) is 37.0 Å². The Kier molecular flexibility index (Phi) is 5.98. The molecule has 2 rings (SSSR count). The van der Waals surface area contributed by atoms with Gasteiger partial charge in [0.1, 0.15) is 0 Å². The van der Waals surface area contributed by atoms with Gasteiger partial charge in [-0.1, -0.05) is 18.6 Å². The number of carbonyl (C=O) groups excluding carboxylic acids is 2. The van der Waals surface area contributed by atoms with Crippen LogP contribution in [-0.2, 0) is 11.3 Å². The minimum Gasteiger partial charge on any atom is -0.352 e. The summed E-state index contributed by atoms with van der Waals surface area (Å²) < 4.78 is 0. The van der Waals surface area contributed by atoms with Crippen molar-refractivity contribution in [3.05, 3.63) is 29.8 Å². The van der Waals surface area contributed by atoms with Crippen molar-refractivity contribution in [2.24, 2.45) is 11.7 Å². The first-order chi connectivity index (χ1) is 11.0. The number of rotatable bonds is 4. The summed E-state index contributed by atoms with van der Waals surface area (Å²) in [5.74, 6) is 0.0956. The van der Waals surface area contributed by atoms with E-state index < -0.39 is 0 Å². The highest BCUT2D eigenvalue weighted by molar-refractivity contribution is 5.89. The molecule has 6 heteroatoms. The van der Waals surface area contributed by atoms with E-state index in [4.69, 9.17) is 5.73 Å². The summed E-state index contributed by atoms with van der Waals surface area (Å²) in [5, 5.41) is 5.77. The van der Waals surface area contributed by atoms with E-state index in [2.05, 4.69) is 10.6 Å². The summed E-state index contributed by atoms with van der Waals surface area (Å²) in [6.45, 7) is 0.455. The van der Waals surface area contributed by atoms with Gasteiger partial charge in [0.15, 0.2) is 0 Å². The molecule has 126 valence electrons. The highest BCUT2D eigenvalue weighted by Crippen LogP contribution is 2.23. The van der Waals surface area contributed by atoms with Gasteiger partial charge in [-0.3, -0.25) is 4.79 Å². The van der Waals surface area contributed by atoms with E-state index in [1.807, 2.05) is 24.3 Å². The van der Waals surface area contributed by atoms with Gasteiger partial charge in [0.05, 0.1) is 0 Å². The molecular formula is C17H26N4O2. The number of hydrogen-bond acceptors (Lipinski definition) is 3. The van der Waals surface area contributed by atoms with Crippen LogP contribution in [0.5, 0.6) is 0 Å². The van der Waals surface area contributed by atoms with Crippen molar-refractivity contribution >= 4 is 17.6 Å². The number of hydrogen-bond donors (Lipinski definition) is 3. The zero-order chi connectivity index (χ0) is 16.8. The normalized spacial score (nSPS) is 20.7. The fourth-order valence-electron chi connectivity index (χ4n) is 2.79. The van der Waals surface area contributed by atoms with Crippen LogP contribution in [0.25, 0.3) is 0 Å². The number of amides is 3. The Morgan fingerprint density at radius 1 is 1.30 bits per heavy atom. The van der Waals surface area contributed by atoms with E-state index in [-0.39, 0.29) is 23.9 Å². The molecular weight excluding hydrogens is 292 g/mol. The lowest BCUT2D eigenvalue weighted by atomic mass is 9.85. The molecule has 2 unspecified atom stereocenters. The average Bonchev–Trinajstić information content (AvgIpc) is 2.53. The predicted molar refractivity (Wildman–Crippen MR) is 90.9 cm³/mol. The highest BCUT2D eigenvalue weighted by Gasteiger charge is 2.24. The minimum absolute atomic E-state index is 0.0235. The molecule has 6 nitrogen and oxygen atoms in total. The number of benzene rings is 1. The maximum absolute atomic E-state index is 12.2. The maximum Gasteiger partial charge on any atom is 0.321 e. The number of nitrogens with one attached hydrogen (secondary N) is 2. The summed E-state index contributed by atoms with van der Waals surface area (Å²) in [4.78, 5) is 25.4. The first-order valence-electron chi connectivity index (χ1n) is 8.06. The summed E-state index contributed by atoms with van der Waals surface area (Å²) in [7, 11) is 3.38. The van der Waals surface area contributed by atoms with Crippen LogP contribution in [0.1, 0.15) is 31.2 Å². The van der Waals surface area contributed by atoms with Crippen LogP contribution in [0, 0.1) is 5.92 Å². The van der Waals surface area contributed by atoms with Crippen molar-refractivity contribution < 1.29 is 9.59 Å². The number of nitrogens with zero attached hydrogens (tertiary/aromatic N) is 1. The Balaban J connectivity index is 1.88. The first-order valence-corrected chi connectivity index (χ1v) is 8.06. The largest absolute Gasteiger partial charge is 0.352 e. The fourth-order valence-corrected chi connectivity index (χ4v) is 2.79. The van der Waals surface area contributed by atoms with Gasteiger partial charge < -0.3 is 21.3 Å². The fraction of sp³-hybridized carbons (Fsp3) is 0.529. The van der Waals surface area contributed by atoms with E-state index in [0.29, 0.717) is 6.54 Å². The molecule has 0 spiro atoms. The van der Waals surface area contributed by atoms with Crippen molar-refractivity contribution in [2.45, 2.75) is 38.3 Å². The molecule has 4 N–H and O–H groups in total. The van der Waals surface area contributed by atoms with Gasteiger partial charge in [0.2, 0.25) is 5.91 Å². The second-order valence-corrected chi connectivity index (χ2v) is 6.37. The van der Waals surface area contributed by atoms with Crippen LogP contribution < -0.4 is 16.4 Å². The van der Waals surface area contributed by atoms with Crippen molar-refractivity contribution in [3.8, 4) is 0 Å². The minimum atomic E-state index is -0.178. The van der Waals surface area contributed by atoms with Crippen LogP contribution in [0.15, 0.2) is 24.3 Å². The summed E-state index contributed by atoms with van der Waals surface area (Å²) in [5.41, 5.74) is 7.61. The number of urea groups is 1. The molecule has 0 saturated heterocycles. The van der Waals surface area contributed by atoms with Crippen molar-refractivity contribution in [2.75, 3.05) is 19.4 Å². The van der Waals surface area contributed by atoms with E-state index in [1.165, 1.54) is 4.90 Å². The Morgan fingerprint density at radius 3 is 2.78 bits per heavy atom. The monoisotopic (exact) mass is 318 g/mol. The molecule has 1 saturated carbocycles. The van der Waals surface area contributed by atoms with Gasteiger partial charge in [0, 0.05) is 38.3 Å². The number of carbonyl (C=O) groups is 2. The molecule has 0 bridgehead atoms. The topological polar surface area (TPSA) is 87.5 Å². The van der Waals surface area contributed by atoms with Gasteiger partial charge in [-0.25, -0.2) is 4.79 Å². The number of anilines is 1. The Hall–Kier alpha value is -2.08. The number of nitrogens with two attached hydrogens (primary N) is 1. The summed E-state index contributed by atoms with van der Waals surface area (Å²) >= 11 is 0. The molecule has 1 fully saturated rings. The third-order valence-corrected chi connectivity index (χ3v) is 4.14. The average molecular weight is 318 g/mol. The van der Waals surface area contributed by atoms with E-state index in [9.17, 15) is 9.59 Å². The van der Waals surface area contributed by atoms with Crippen LogP contribution in [0.3, 0.4) is 0 Å². The molecule has 1 aliphatic carbocycles. The molecule has 0 heterocycles. The lowest BCUT2D eigenvalue weighted by molar-refractivity contribution is -0.126. The molecule has 3 amide bonds. The van der Waals surface area contributed by atoms with Gasteiger partial charge in [0.25, 0.3) is 0 Å². The van der Waals surface area contributed by atoms with Crippen molar-refractivity contribution in [1.82, 2.24) is 10.2 Å². The molecule has 23 heavy (non-hydrogen) atoms. The predicted octanol–water partition coefficient (Wildman–Crippen LogP) is 1.91. The van der Waals surface area contributed by atoms with Gasteiger partial charge >= 0.3 is 6.03 Å². The Morgan fingerprint density at radius 2 is 2.09 bits per heavy atom. The van der Waals surface area contributed by atoms with Gasteiger partial charge in [-0.2, -0.15) is 0 Å². The molecule has 1 aliphatic rings. The van der Waals surface area contributed by atoms with Crippen molar-refractivity contribution in [1.29, 1.82) is 0 Å². The summed E-state index contributed by atoms with van der Waals surface area (Å²) in [6, 6.07) is 7.45. The third kappa shape index (κ3) is 5.25. The smallest absolute Gasteiger partial charge is 0.321 e. The lowest BCUT2D eigenvalue weighted by Crippen LogP contribution is -2.37.